The van der Waals surface area contributed by atoms with Crippen molar-refractivity contribution < 1.29 is 22.0 Å². The lowest BCUT2D eigenvalue weighted by molar-refractivity contribution is -0.140. The van der Waals surface area contributed by atoms with Crippen LogP contribution in [-0.4, -0.2) is 9.78 Å². The molecule has 0 aliphatic heterocycles. The number of halogens is 5. The second-order valence-electron chi connectivity index (χ2n) is 4.24. The van der Waals surface area contributed by atoms with E-state index in [1.807, 2.05) is 0 Å². The zero-order chi connectivity index (χ0) is 15.1. The maximum absolute atomic E-state index is 13.5. The number of benzene rings is 1. The van der Waals surface area contributed by atoms with E-state index in [4.69, 9.17) is 5.73 Å². The maximum atomic E-state index is 13.5. The van der Waals surface area contributed by atoms with E-state index in [0.29, 0.717) is 6.07 Å². The molecule has 2 N–H and O–H groups in total. The second-order valence-corrected chi connectivity index (χ2v) is 4.24. The highest BCUT2D eigenvalue weighted by atomic mass is 19.4. The number of nitrogen functional groups attached to an aromatic ring is 1. The number of nitrogens with two attached hydrogens (primary N) is 1. The van der Waals surface area contributed by atoms with Crippen molar-refractivity contribution in [2.45, 2.75) is 19.6 Å². The van der Waals surface area contributed by atoms with Crippen molar-refractivity contribution in [2.75, 3.05) is 5.73 Å². The van der Waals surface area contributed by atoms with Crippen molar-refractivity contribution in [1.82, 2.24) is 9.78 Å². The standard InChI is InChI=1S/C12H10F5N3/c1-6-10(18)11(12(15,16)17)19-20(6)5-7-2-3-8(13)4-9(7)14/h2-4H,5,18H2,1H3. The Kier molecular flexibility index (Phi) is 3.41. The van der Waals surface area contributed by atoms with Gasteiger partial charge < -0.3 is 5.73 Å². The van der Waals surface area contributed by atoms with Gasteiger partial charge in [-0.05, 0) is 13.0 Å². The summed E-state index contributed by atoms with van der Waals surface area (Å²) in [6.07, 6.45) is -4.68. The summed E-state index contributed by atoms with van der Waals surface area (Å²) in [6.45, 7) is 1.08. The van der Waals surface area contributed by atoms with Gasteiger partial charge in [-0.15, -0.1) is 0 Å². The molecule has 1 heterocycles. The third kappa shape index (κ3) is 2.59. The Labute approximate surface area is 110 Å². The van der Waals surface area contributed by atoms with Gasteiger partial charge in [0, 0.05) is 11.6 Å². The monoisotopic (exact) mass is 291 g/mol. The predicted molar refractivity (Wildman–Crippen MR) is 61.8 cm³/mol. The van der Waals surface area contributed by atoms with E-state index >= 15 is 0 Å². The highest BCUT2D eigenvalue weighted by molar-refractivity contribution is 5.49. The first kappa shape index (κ1) is 14.3. The zero-order valence-electron chi connectivity index (χ0n) is 10.3. The number of rotatable bonds is 2. The van der Waals surface area contributed by atoms with Crippen LogP contribution in [0.2, 0.25) is 0 Å². The molecule has 0 bridgehead atoms. The summed E-state index contributed by atoms with van der Waals surface area (Å²) in [5, 5.41) is 3.35. The van der Waals surface area contributed by atoms with Crippen LogP contribution in [0.15, 0.2) is 18.2 Å². The Morgan fingerprint density at radius 1 is 1.25 bits per heavy atom. The summed E-state index contributed by atoms with van der Waals surface area (Å²) in [4.78, 5) is 0. The van der Waals surface area contributed by atoms with E-state index in [0.717, 1.165) is 16.8 Å². The molecule has 0 aliphatic rings. The number of hydrogen-bond donors (Lipinski definition) is 1. The first-order valence-corrected chi connectivity index (χ1v) is 5.54. The number of nitrogens with zero attached hydrogens (tertiary/aromatic N) is 2. The Morgan fingerprint density at radius 3 is 2.40 bits per heavy atom. The van der Waals surface area contributed by atoms with Crippen LogP contribution < -0.4 is 5.73 Å². The zero-order valence-corrected chi connectivity index (χ0v) is 10.3. The van der Waals surface area contributed by atoms with E-state index in [-0.39, 0.29) is 17.8 Å². The van der Waals surface area contributed by atoms with Crippen LogP contribution in [0.1, 0.15) is 17.0 Å². The molecule has 0 saturated carbocycles. The summed E-state index contributed by atoms with van der Waals surface area (Å²) in [6, 6.07) is 2.82. The fourth-order valence-corrected chi connectivity index (χ4v) is 1.73. The number of hydrogen-bond acceptors (Lipinski definition) is 2. The normalized spacial score (nSPS) is 11.9. The molecular weight excluding hydrogens is 281 g/mol. The van der Waals surface area contributed by atoms with Crippen molar-refractivity contribution >= 4 is 5.69 Å². The largest absolute Gasteiger partial charge is 0.437 e. The molecule has 2 rings (SSSR count). The lowest BCUT2D eigenvalue weighted by Crippen LogP contribution is -2.10. The molecular formula is C12H10F5N3. The van der Waals surface area contributed by atoms with Crippen LogP contribution in [0.5, 0.6) is 0 Å². The number of aromatic nitrogens is 2. The van der Waals surface area contributed by atoms with Gasteiger partial charge in [-0.3, -0.25) is 4.68 Å². The highest BCUT2D eigenvalue weighted by Gasteiger charge is 2.37. The summed E-state index contributed by atoms with van der Waals surface area (Å²) in [7, 11) is 0. The molecule has 2 aromatic rings. The summed E-state index contributed by atoms with van der Waals surface area (Å²) < 4.78 is 65.1. The molecule has 3 nitrogen and oxygen atoms in total. The van der Waals surface area contributed by atoms with E-state index in [1.165, 1.54) is 6.92 Å². The van der Waals surface area contributed by atoms with Gasteiger partial charge in [0.2, 0.25) is 0 Å². The molecule has 1 aromatic carbocycles. The molecule has 108 valence electrons. The van der Waals surface area contributed by atoms with Crippen molar-refractivity contribution in [3.63, 3.8) is 0 Å². The Bertz CT molecular complexity index is 645. The van der Waals surface area contributed by atoms with Crippen LogP contribution in [-0.2, 0) is 12.7 Å². The average Bonchev–Trinajstić information content (AvgIpc) is 2.60. The smallest absolute Gasteiger partial charge is 0.395 e. The lowest BCUT2D eigenvalue weighted by Gasteiger charge is -2.06. The Morgan fingerprint density at radius 2 is 1.90 bits per heavy atom. The first-order valence-electron chi connectivity index (χ1n) is 5.54. The minimum Gasteiger partial charge on any atom is -0.395 e. The molecule has 0 aliphatic carbocycles. The molecule has 0 spiro atoms. The van der Waals surface area contributed by atoms with E-state index in [9.17, 15) is 22.0 Å². The van der Waals surface area contributed by atoms with E-state index in [2.05, 4.69) is 5.10 Å². The fourth-order valence-electron chi connectivity index (χ4n) is 1.73. The third-order valence-corrected chi connectivity index (χ3v) is 2.86. The highest BCUT2D eigenvalue weighted by Crippen LogP contribution is 2.34. The van der Waals surface area contributed by atoms with Gasteiger partial charge in [0.1, 0.15) is 11.6 Å². The van der Waals surface area contributed by atoms with Crippen LogP contribution in [0.25, 0.3) is 0 Å². The Balaban J connectivity index is 2.40. The number of alkyl halides is 3. The van der Waals surface area contributed by atoms with Gasteiger partial charge in [0.15, 0.2) is 5.69 Å². The quantitative estimate of drug-likeness (QED) is 0.864. The lowest BCUT2D eigenvalue weighted by atomic mass is 10.2. The predicted octanol–water partition coefficient (Wildman–Crippen LogP) is 3.12. The van der Waals surface area contributed by atoms with E-state index < -0.39 is 29.2 Å². The van der Waals surface area contributed by atoms with Gasteiger partial charge in [0.05, 0.1) is 17.9 Å². The van der Waals surface area contributed by atoms with Crippen molar-refractivity contribution in [3.8, 4) is 0 Å². The van der Waals surface area contributed by atoms with Gasteiger partial charge in [-0.1, -0.05) is 6.07 Å². The number of anilines is 1. The second kappa shape index (κ2) is 4.77. The fraction of sp³-hybridized carbons (Fsp3) is 0.250. The van der Waals surface area contributed by atoms with Crippen LogP contribution in [0, 0.1) is 18.6 Å². The minimum atomic E-state index is -4.68. The average molecular weight is 291 g/mol. The molecule has 0 amide bonds. The minimum absolute atomic E-state index is 0.0192. The van der Waals surface area contributed by atoms with Gasteiger partial charge in [-0.25, -0.2) is 8.78 Å². The molecule has 0 fully saturated rings. The molecule has 0 unspecified atom stereocenters. The van der Waals surface area contributed by atoms with Crippen molar-refractivity contribution in [1.29, 1.82) is 0 Å². The summed E-state index contributed by atoms with van der Waals surface area (Å²) >= 11 is 0. The van der Waals surface area contributed by atoms with Crippen LogP contribution >= 0.6 is 0 Å². The van der Waals surface area contributed by atoms with E-state index in [1.54, 1.807) is 0 Å². The van der Waals surface area contributed by atoms with Crippen LogP contribution in [0.3, 0.4) is 0 Å². The van der Waals surface area contributed by atoms with Gasteiger partial charge in [0.25, 0.3) is 0 Å². The van der Waals surface area contributed by atoms with Crippen LogP contribution in [0.4, 0.5) is 27.6 Å². The topological polar surface area (TPSA) is 43.8 Å². The Hall–Kier alpha value is -2.12. The molecule has 8 heteroatoms. The van der Waals surface area contributed by atoms with Crippen molar-refractivity contribution in [3.05, 3.63) is 46.8 Å². The molecule has 0 saturated heterocycles. The molecule has 20 heavy (non-hydrogen) atoms. The molecule has 1 aromatic heterocycles. The maximum Gasteiger partial charge on any atom is 0.437 e. The first-order chi connectivity index (χ1) is 9.20. The summed E-state index contributed by atoms with van der Waals surface area (Å²) in [5.74, 6) is -1.62. The third-order valence-electron chi connectivity index (χ3n) is 2.86. The molecule has 0 atom stereocenters. The summed E-state index contributed by atoms with van der Waals surface area (Å²) in [5.41, 5.74) is 3.73. The van der Waals surface area contributed by atoms with Gasteiger partial charge >= 0.3 is 6.18 Å². The SMILES string of the molecule is Cc1c(N)c(C(F)(F)F)nn1Cc1ccc(F)cc1F. The molecule has 0 radical (unpaired) electrons. The van der Waals surface area contributed by atoms with Gasteiger partial charge in [-0.2, -0.15) is 18.3 Å². The van der Waals surface area contributed by atoms with Crippen molar-refractivity contribution in [2.24, 2.45) is 0 Å².